The lowest BCUT2D eigenvalue weighted by atomic mass is 10.0. The van der Waals surface area contributed by atoms with Crippen molar-refractivity contribution in [2.75, 3.05) is 11.9 Å². The van der Waals surface area contributed by atoms with E-state index in [4.69, 9.17) is 5.11 Å². The predicted octanol–water partition coefficient (Wildman–Crippen LogP) is 2.88. The average molecular weight is 314 g/mol. The predicted molar refractivity (Wildman–Crippen MR) is 90.1 cm³/mol. The zero-order valence-corrected chi connectivity index (χ0v) is 13.7. The number of ketones is 1. The molecular formula is C18H22N2O3. The van der Waals surface area contributed by atoms with E-state index in [0.29, 0.717) is 29.8 Å². The van der Waals surface area contributed by atoms with E-state index >= 15 is 0 Å². The first-order chi connectivity index (χ1) is 11.0. The highest BCUT2D eigenvalue weighted by molar-refractivity contribution is 6.07. The minimum Gasteiger partial charge on any atom is -0.396 e. The number of amides is 1. The molecule has 0 aliphatic heterocycles. The number of aryl methyl sites for hydroxylation is 1. The van der Waals surface area contributed by atoms with Gasteiger partial charge in [0.05, 0.1) is 0 Å². The number of H-pyrrole nitrogens is 1. The van der Waals surface area contributed by atoms with Crippen molar-refractivity contribution in [1.29, 1.82) is 0 Å². The van der Waals surface area contributed by atoms with Gasteiger partial charge < -0.3 is 15.4 Å². The number of aliphatic hydroxyl groups excluding tert-OH is 1. The zero-order valence-electron chi connectivity index (χ0n) is 13.7. The fraction of sp³-hybridized carbons (Fsp3) is 0.333. The Bertz CT molecular complexity index is 715. The molecule has 0 bridgehead atoms. The van der Waals surface area contributed by atoms with Crippen LogP contribution < -0.4 is 5.32 Å². The smallest absolute Gasteiger partial charge is 0.272 e. The Morgan fingerprint density at radius 2 is 1.87 bits per heavy atom. The van der Waals surface area contributed by atoms with Crippen LogP contribution in [0.5, 0.6) is 0 Å². The molecule has 1 heterocycles. The molecule has 23 heavy (non-hydrogen) atoms. The lowest BCUT2D eigenvalue weighted by molar-refractivity contribution is 0.101. The SMILES string of the molecule is CCc1c(C(=O)Nc2ccc(CCO)cc2)[nH]c(C)c1C(C)=O. The second-order valence-electron chi connectivity index (χ2n) is 5.51. The number of hydrogen-bond donors (Lipinski definition) is 3. The van der Waals surface area contributed by atoms with Crippen molar-refractivity contribution in [2.24, 2.45) is 0 Å². The van der Waals surface area contributed by atoms with E-state index in [1.54, 1.807) is 19.1 Å². The van der Waals surface area contributed by atoms with Gasteiger partial charge >= 0.3 is 0 Å². The van der Waals surface area contributed by atoms with Crippen molar-refractivity contribution in [3.05, 3.63) is 52.3 Å². The maximum Gasteiger partial charge on any atom is 0.272 e. The van der Waals surface area contributed by atoms with Gasteiger partial charge in [-0.05, 0) is 49.9 Å². The lowest BCUT2D eigenvalue weighted by Crippen LogP contribution is -2.14. The molecule has 3 N–H and O–H groups in total. The van der Waals surface area contributed by atoms with Gasteiger partial charge in [0.15, 0.2) is 5.78 Å². The third kappa shape index (κ3) is 3.68. The summed E-state index contributed by atoms with van der Waals surface area (Å²) in [6, 6.07) is 7.34. The zero-order chi connectivity index (χ0) is 17.0. The molecule has 5 heteroatoms. The highest BCUT2D eigenvalue weighted by atomic mass is 16.3. The molecule has 0 saturated carbocycles. The summed E-state index contributed by atoms with van der Waals surface area (Å²) in [5.74, 6) is -0.296. The third-order valence-corrected chi connectivity index (χ3v) is 3.84. The normalized spacial score (nSPS) is 10.6. The summed E-state index contributed by atoms with van der Waals surface area (Å²) in [5.41, 5.74) is 4.21. The second kappa shape index (κ2) is 7.24. The summed E-state index contributed by atoms with van der Waals surface area (Å²) in [6.07, 6.45) is 1.20. The Balaban J connectivity index is 2.24. The number of benzene rings is 1. The average Bonchev–Trinajstić information content (AvgIpc) is 2.86. The van der Waals surface area contributed by atoms with Crippen molar-refractivity contribution in [1.82, 2.24) is 4.98 Å². The number of Topliss-reactive ketones (excluding diaryl/α,β-unsaturated/α-hetero) is 1. The summed E-state index contributed by atoms with van der Waals surface area (Å²) in [4.78, 5) is 27.3. The number of carbonyl (C=O) groups is 2. The molecular weight excluding hydrogens is 292 g/mol. The van der Waals surface area contributed by atoms with Gasteiger partial charge in [-0.15, -0.1) is 0 Å². The minimum atomic E-state index is -0.257. The number of aromatic amines is 1. The van der Waals surface area contributed by atoms with E-state index in [-0.39, 0.29) is 18.3 Å². The van der Waals surface area contributed by atoms with Crippen molar-refractivity contribution in [2.45, 2.75) is 33.6 Å². The van der Waals surface area contributed by atoms with Crippen molar-refractivity contribution < 1.29 is 14.7 Å². The molecule has 2 aromatic rings. The van der Waals surface area contributed by atoms with Crippen LogP contribution in [0.1, 0.15) is 51.5 Å². The quantitative estimate of drug-likeness (QED) is 0.717. The minimum absolute atomic E-state index is 0.0389. The van der Waals surface area contributed by atoms with Crippen LogP contribution in [0.3, 0.4) is 0 Å². The maximum atomic E-state index is 12.5. The Morgan fingerprint density at radius 1 is 1.22 bits per heavy atom. The van der Waals surface area contributed by atoms with Crippen LogP contribution in [-0.4, -0.2) is 28.4 Å². The number of nitrogens with one attached hydrogen (secondary N) is 2. The van der Waals surface area contributed by atoms with Gasteiger partial charge in [0.1, 0.15) is 5.69 Å². The van der Waals surface area contributed by atoms with E-state index in [1.165, 1.54) is 6.92 Å². The molecule has 1 aromatic carbocycles. The standard InChI is InChI=1S/C18H22N2O3/c1-4-15-16(12(3)22)11(2)19-17(15)18(23)20-14-7-5-13(6-8-14)9-10-21/h5-8,19,21H,4,9-10H2,1-3H3,(H,20,23). The fourth-order valence-corrected chi connectivity index (χ4v) is 2.78. The van der Waals surface area contributed by atoms with Crippen LogP contribution in [0.4, 0.5) is 5.69 Å². The largest absolute Gasteiger partial charge is 0.396 e. The van der Waals surface area contributed by atoms with Crippen LogP contribution in [0, 0.1) is 6.92 Å². The van der Waals surface area contributed by atoms with Crippen molar-refractivity contribution in [3.8, 4) is 0 Å². The molecule has 2 rings (SSSR count). The fourth-order valence-electron chi connectivity index (χ4n) is 2.78. The number of hydrogen-bond acceptors (Lipinski definition) is 3. The first-order valence-electron chi connectivity index (χ1n) is 7.71. The molecule has 0 saturated heterocycles. The van der Waals surface area contributed by atoms with Gasteiger partial charge in [-0.25, -0.2) is 0 Å². The van der Waals surface area contributed by atoms with Crippen LogP contribution in [0.25, 0.3) is 0 Å². The van der Waals surface area contributed by atoms with Gasteiger partial charge in [-0.2, -0.15) is 0 Å². The van der Waals surface area contributed by atoms with Crippen LogP contribution in [0.2, 0.25) is 0 Å². The molecule has 0 radical (unpaired) electrons. The number of anilines is 1. The second-order valence-corrected chi connectivity index (χ2v) is 5.51. The molecule has 0 aliphatic carbocycles. The Hall–Kier alpha value is -2.40. The summed E-state index contributed by atoms with van der Waals surface area (Å²) in [6.45, 7) is 5.34. The van der Waals surface area contributed by atoms with Gasteiger partial charge in [0, 0.05) is 23.6 Å². The van der Waals surface area contributed by atoms with Crippen LogP contribution in [-0.2, 0) is 12.8 Å². The number of aromatic nitrogens is 1. The Morgan fingerprint density at radius 3 is 2.39 bits per heavy atom. The number of aliphatic hydroxyl groups is 1. The summed E-state index contributed by atoms with van der Waals surface area (Å²) in [7, 11) is 0. The van der Waals surface area contributed by atoms with Crippen LogP contribution >= 0.6 is 0 Å². The maximum absolute atomic E-state index is 12.5. The monoisotopic (exact) mass is 314 g/mol. The Kier molecular flexibility index (Phi) is 5.34. The van der Waals surface area contributed by atoms with Gasteiger partial charge in [-0.3, -0.25) is 9.59 Å². The van der Waals surface area contributed by atoms with Crippen LogP contribution in [0.15, 0.2) is 24.3 Å². The molecule has 0 fully saturated rings. The molecule has 1 aromatic heterocycles. The topological polar surface area (TPSA) is 82.2 Å². The molecule has 122 valence electrons. The van der Waals surface area contributed by atoms with Crippen molar-refractivity contribution in [3.63, 3.8) is 0 Å². The van der Waals surface area contributed by atoms with Gasteiger partial charge in [-0.1, -0.05) is 19.1 Å². The van der Waals surface area contributed by atoms with E-state index in [0.717, 1.165) is 16.8 Å². The van der Waals surface area contributed by atoms with E-state index in [9.17, 15) is 9.59 Å². The molecule has 1 amide bonds. The summed E-state index contributed by atoms with van der Waals surface area (Å²) < 4.78 is 0. The highest BCUT2D eigenvalue weighted by Gasteiger charge is 2.21. The summed E-state index contributed by atoms with van der Waals surface area (Å²) >= 11 is 0. The first kappa shape index (κ1) is 17.0. The van der Waals surface area contributed by atoms with E-state index in [2.05, 4.69) is 10.3 Å². The summed E-state index contributed by atoms with van der Waals surface area (Å²) in [5, 5.41) is 11.8. The third-order valence-electron chi connectivity index (χ3n) is 3.84. The molecule has 0 unspecified atom stereocenters. The number of rotatable bonds is 6. The molecule has 0 aliphatic rings. The molecule has 5 nitrogen and oxygen atoms in total. The molecule has 0 atom stereocenters. The highest BCUT2D eigenvalue weighted by Crippen LogP contribution is 2.21. The Labute approximate surface area is 135 Å². The number of carbonyl (C=O) groups excluding carboxylic acids is 2. The van der Waals surface area contributed by atoms with E-state index < -0.39 is 0 Å². The van der Waals surface area contributed by atoms with Gasteiger partial charge in [0.25, 0.3) is 5.91 Å². The lowest BCUT2D eigenvalue weighted by Gasteiger charge is -2.07. The van der Waals surface area contributed by atoms with Crippen molar-refractivity contribution >= 4 is 17.4 Å². The first-order valence-corrected chi connectivity index (χ1v) is 7.71. The van der Waals surface area contributed by atoms with Gasteiger partial charge in [0.2, 0.25) is 0 Å². The van der Waals surface area contributed by atoms with E-state index in [1.807, 2.05) is 19.1 Å². The molecule has 0 spiro atoms.